The highest BCUT2D eigenvalue weighted by atomic mass is 28.3. The van der Waals surface area contributed by atoms with Crippen LogP contribution < -0.4 is 25.6 Å². The number of benzene rings is 8. The molecule has 0 aliphatic carbocycles. The first kappa shape index (κ1) is 33.4. The molecule has 5 heteroatoms. The summed E-state index contributed by atoms with van der Waals surface area (Å²) in [4.78, 5) is 17.2. The van der Waals surface area contributed by atoms with Crippen molar-refractivity contribution in [1.29, 1.82) is 0 Å². The van der Waals surface area contributed by atoms with Crippen LogP contribution in [0.2, 0.25) is 0 Å². The van der Waals surface area contributed by atoms with Gasteiger partial charge in [-0.1, -0.05) is 194 Å². The Hall–Kier alpha value is -7.21. The van der Waals surface area contributed by atoms with Crippen LogP contribution in [-0.2, 0) is 0 Å². The van der Waals surface area contributed by atoms with Gasteiger partial charge in [-0.05, 0) is 56.1 Å². The van der Waals surface area contributed by atoms with Gasteiger partial charge < -0.3 is 4.90 Å². The van der Waals surface area contributed by atoms with Crippen molar-refractivity contribution < 1.29 is 0 Å². The molecule has 0 bridgehead atoms. The summed E-state index contributed by atoms with van der Waals surface area (Å²) in [6.07, 6.45) is 0. The van der Waals surface area contributed by atoms with E-state index in [9.17, 15) is 0 Å². The third-order valence-corrected chi connectivity index (χ3v) is 15.7. The van der Waals surface area contributed by atoms with Gasteiger partial charge in [0.15, 0.2) is 25.5 Å². The Morgan fingerprint density at radius 3 is 1.04 bits per heavy atom. The van der Waals surface area contributed by atoms with Crippen LogP contribution in [0.15, 0.2) is 218 Å². The predicted molar refractivity (Wildman–Crippen MR) is 233 cm³/mol. The number of hydrogen-bond acceptors (Lipinski definition) is 4. The van der Waals surface area contributed by atoms with Crippen LogP contribution in [0.4, 0.5) is 17.1 Å². The molecule has 9 aromatic rings. The molecule has 0 saturated carbocycles. The van der Waals surface area contributed by atoms with Crippen molar-refractivity contribution in [3.05, 3.63) is 218 Å². The SMILES string of the molecule is c1ccc(-c2nc(-c3ccccc3)nc(-c3ccc(-c4ccc(N5c6ccccc6[Si](c6ccccc6)(c6ccccc6)c6ccccc65)cc4)cc3)n2)cc1. The highest BCUT2D eigenvalue weighted by molar-refractivity contribution is 7.21. The van der Waals surface area contributed by atoms with Gasteiger partial charge in [0.05, 0.1) is 0 Å². The highest BCUT2D eigenvalue weighted by Crippen LogP contribution is 2.39. The van der Waals surface area contributed by atoms with Crippen LogP contribution in [-0.4, -0.2) is 23.0 Å². The monoisotopic (exact) mass is 732 g/mol. The maximum Gasteiger partial charge on any atom is 0.184 e. The molecule has 0 atom stereocenters. The number of fused-ring (bicyclic) bond motifs is 2. The lowest BCUT2D eigenvalue weighted by atomic mass is 10.0. The Bertz CT molecular complexity index is 2630. The van der Waals surface area contributed by atoms with Crippen molar-refractivity contribution in [2.45, 2.75) is 0 Å². The van der Waals surface area contributed by atoms with E-state index in [1.165, 1.54) is 32.1 Å². The Balaban J connectivity index is 1.02. The van der Waals surface area contributed by atoms with Crippen molar-refractivity contribution in [2.24, 2.45) is 0 Å². The molecule has 0 amide bonds. The van der Waals surface area contributed by atoms with Gasteiger partial charge in [-0.15, -0.1) is 0 Å². The summed E-state index contributed by atoms with van der Waals surface area (Å²) in [5.41, 5.74) is 8.69. The van der Waals surface area contributed by atoms with E-state index in [0.717, 1.165) is 33.5 Å². The molecule has 264 valence electrons. The topological polar surface area (TPSA) is 41.9 Å². The summed E-state index contributed by atoms with van der Waals surface area (Å²) >= 11 is 0. The van der Waals surface area contributed by atoms with Gasteiger partial charge in [-0.3, -0.25) is 0 Å². The summed E-state index contributed by atoms with van der Waals surface area (Å²) in [5.74, 6) is 1.96. The third-order valence-electron chi connectivity index (χ3n) is 10.8. The lowest BCUT2D eigenvalue weighted by Crippen LogP contribution is -2.77. The molecule has 0 unspecified atom stereocenters. The summed E-state index contributed by atoms with van der Waals surface area (Å²) in [6, 6.07) is 78.0. The van der Waals surface area contributed by atoms with E-state index in [2.05, 4.69) is 163 Å². The fraction of sp³-hybridized carbons (Fsp3) is 0. The van der Waals surface area contributed by atoms with Crippen LogP contribution in [0.5, 0.6) is 0 Å². The first-order valence-electron chi connectivity index (χ1n) is 19.0. The van der Waals surface area contributed by atoms with E-state index >= 15 is 0 Å². The van der Waals surface area contributed by atoms with Crippen molar-refractivity contribution >= 4 is 45.9 Å². The number of rotatable bonds is 7. The second-order valence-electron chi connectivity index (χ2n) is 14.0. The third kappa shape index (κ3) is 5.73. The van der Waals surface area contributed by atoms with Crippen molar-refractivity contribution in [3.63, 3.8) is 0 Å². The van der Waals surface area contributed by atoms with Crippen LogP contribution in [0.25, 0.3) is 45.3 Å². The van der Waals surface area contributed by atoms with E-state index in [0.29, 0.717) is 17.5 Å². The minimum Gasteiger partial charge on any atom is -0.311 e. The van der Waals surface area contributed by atoms with Gasteiger partial charge in [-0.2, -0.15) is 0 Å². The number of nitrogens with zero attached hydrogens (tertiary/aromatic N) is 4. The molecule has 0 radical (unpaired) electrons. The largest absolute Gasteiger partial charge is 0.311 e. The lowest BCUT2D eigenvalue weighted by molar-refractivity contribution is 1.07. The molecule has 8 aromatic carbocycles. The minimum absolute atomic E-state index is 0.646. The molecule has 0 fully saturated rings. The predicted octanol–water partition coefficient (Wildman–Crippen LogP) is 9.70. The standard InChI is InChI=1S/C51H36N4Si/c1-5-17-39(18-6-1)49-52-50(40-19-7-2-8-20-40)54-51(53-49)41-31-29-37(30-32-41)38-33-35-42(36-34-38)55-45-25-13-15-27-47(45)56(43-21-9-3-10-22-43,44-23-11-4-12-24-44)48-28-16-14-26-46(48)55/h1-36H. The first-order valence-corrected chi connectivity index (χ1v) is 21.0. The normalized spacial score (nSPS) is 12.8. The maximum atomic E-state index is 4.93. The zero-order valence-electron chi connectivity index (χ0n) is 30.6. The Morgan fingerprint density at radius 1 is 0.286 bits per heavy atom. The molecule has 1 aromatic heterocycles. The first-order chi connectivity index (χ1) is 27.8. The van der Waals surface area contributed by atoms with Crippen molar-refractivity contribution in [2.75, 3.05) is 4.90 Å². The summed E-state index contributed by atoms with van der Waals surface area (Å²) < 4.78 is 0. The molecule has 0 saturated heterocycles. The second kappa shape index (κ2) is 14.2. The van der Waals surface area contributed by atoms with E-state index in [1.807, 2.05) is 60.7 Å². The number of anilines is 3. The number of para-hydroxylation sites is 2. The molecule has 56 heavy (non-hydrogen) atoms. The minimum atomic E-state index is -2.65. The summed E-state index contributed by atoms with van der Waals surface area (Å²) in [5, 5.41) is 5.54. The molecule has 1 aliphatic rings. The van der Waals surface area contributed by atoms with E-state index < -0.39 is 8.07 Å². The Kier molecular flexibility index (Phi) is 8.47. The summed E-state index contributed by atoms with van der Waals surface area (Å²) in [7, 11) is -2.65. The fourth-order valence-electron chi connectivity index (χ4n) is 8.24. The molecule has 2 heterocycles. The molecular weight excluding hydrogens is 697 g/mol. The maximum absolute atomic E-state index is 4.93. The zero-order valence-corrected chi connectivity index (χ0v) is 31.6. The van der Waals surface area contributed by atoms with Gasteiger partial charge in [0.1, 0.15) is 0 Å². The second-order valence-corrected chi connectivity index (χ2v) is 17.7. The van der Waals surface area contributed by atoms with Gasteiger partial charge in [0.2, 0.25) is 0 Å². The smallest absolute Gasteiger partial charge is 0.184 e. The van der Waals surface area contributed by atoms with E-state index in [-0.39, 0.29) is 0 Å². The van der Waals surface area contributed by atoms with E-state index in [1.54, 1.807) is 0 Å². The molecular formula is C51H36N4Si. The van der Waals surface area contributed by atoms with Crippen LogP contribution in [0, 0.1) is 0 Å². The van der Waals surface area contributed by atoms with Crippen LogP contribution in [0.1, 0.15) is 0 Å². The molecule has 0 spiro atoms. The van der Waals surface area contributed by atoms with Gasteiger partial charge >= 0.3 is 0 Å². The average molecular weight is 733 g/mol. The van der Waals surface area contributed by atoms with Gasteiger partial charge in [0.25, 0.3) is 0 Å². The average Bonchev–Trinajstić information content (AvgIpc) is 3.29. The van der Waals surface area contributed by atoms with Crippen LogP contribution >= 0.6 is 0 Å². The van der Waals surface area contributed by atoms with Crippen molar-refractivity contribution in [1.82, 2.24) is 15.0 Å². The Morgan fingerprint density at radius 2 is 0.607 bits per heavy atom. The summed E-state index contributed by atoms with van der Waals surface area (Å²) in [6.45, 7) is 0. The molecule has 10 rings (SSSR count). The number of hydrogen-bond donors (Lipinski definition) is 0. The van der Waals surface area contributed by atoms with Gasteiger partial charge in [0, 0.05) is 33.8 Å². The van der Waals surface area contributed by atoms with Crippen molar-refractivity contribution in [3.8, 4) is 45.3 Å². The number of aromatic nitrogens is 3. The Labute approximate surface area is 328 Å². The molecule has 4 nitrogen and oxygen atoms in total. The van der Waals surface area contributed by atoms with Crippen LogP contribution in [0.3, 0.4) is 0 Å². The lowest BCUT2D eigenvalue weighted by Gasteiger charge is -2.45. The molecule has 1 aliphatic heterocycles. The highest BCUT2D eigenvalue weighted by Gasteiger charge is 2.48. The molecule has 0 N–H and O–H groups in total. The fourth-order valence-corrected chi connectivity index (χ4v) is 13.3. The van der Waals surface area contributed by atoms with E-state index in [4.69, 9.17) is 15.0 Å². The van der Waals surface area contributed by atoms with Gasteiger partial charge in [-0.25, -0.2) is 15.0 Å². The zero-order chi connectivity index (χ0) is 37.3. The quantitative estimate of drug-likeness (QED) is 0.153.